The van der Waals surface area contributed by atoms with Crippen molar-refractivity contribution in [2.24, 2.45) is 0 Å². The highest BCUT2D eigenvalue weighted by atomic mass is 31.2. The van der Waals surface area contributed by atoms with E-state index in [4.69, 9.17) is 9.05 Å². The molecule has 0 heterocycles. The third-order valence-corrected chi connectivity index (χ3v) is 4.38. The van der Waals surface area contributed by atoms with Gasteiger partial charge in [0.05, 0.1) is 12.8 Å². The molecule has 0 fully saturated rings. The van der Waals surface area contributed by atoms with Crippen LogP contribution in [-0.2, 0) is 13.9 Å². The van der Waals surface area contributed by atoms with Gasteiger partial charge in [-0.15, -0.1) is 0 Å². The molecule has 1 aromatic carbocycles. The van der Waals surface area contributed by atoms with Gasteiger partial charge in [-0.1, -0.05) is 6.92 Å². The van der Waals surface area contributed by atoms with Crippen LogP contribution in [0.25, 0.3) is 0 Å². The van der Waals surface area contributed by atoms with Crippen molar-refractivity contribution in [3.05, 3.63) is 24.3 Å². The fourth-order valence-electron chi connectivity index (χ4n) is 1.57. The summed E-state index contributed by atoms with van der Waals surface area (Å²) < 4.78 is 23.0. The van der Waals surface area contributed by atoms with E-state index < -0.39 is 7.60 Å². The Labute approximate surface area is 113 Å². The minimum Gasteiger partial charge on any atom is -0.424 e. The van der Waals surface area contributed by atoms with Crippen LogP contribution >= 0.6 is 7.60 Å². The number of carbonyl (C=O) groups is 1. The number of carbonyl (C=O) groups excluding carboxylic acids is 1. The first-order chi connectivity index (χ1) is 8.99. The summed E-state index contributed by atoms with van der Waals surface area (Å²) in [5.41, 5.74) is 0.668. The molecule has 1 amide bonds. The van der Waals surface area contributed by atoms with Gasteiger partial charge < -0.3 is 14.4 Å². The number of rotatable bonds is 7. The van der Waals surface area contributed by atoms with Crippen molar-refractivity contribution < 1.29 is 18.4 Å². The fourth-order valence-corrected chi connectivity index (χ4v) is 3.23. The lowest BCUT2D eigenvalue weighted by Gasteiger charge is -2.18. The molecule has 106 valence electrons. The molecule has 19 heavy (non-hydrogen) atoms. The van der Waals surface area contributed by atoms with Gasteiger partial charge in [0.1, 0.15) is 5.75 Å². The first-order valence-corrected chi connectivity index (χ1v) is 8.02. The van der Waals surface area contributed by atoms with E-state index in [0.29, 0.717) is 24.2 Å². The molecule has 0 aromatic heterocycles. The third-order valence-electron chi connectivity index (χ3n) is 2.24. The molecule has 0 saturated heterocycles. The summed E-state index contributed by atoms with van der Waals surface area (Å²) in [6.45, 7) is 5.50. The summed E-state index contributed by atoms with van der Waals surface area (Å²) in [6, 6.07) is 6.71. The van der Waals surface area contributed by atoms with Crippen molar-refractivity contribution in [3.63, 3.8) is 0 Å². The van der Waals surface area contributed by atoms with E-state index in [1.54, 1.807) is 31.2 Å². The van der Waals surface area contributed by atoms with Gasteiger partial charge >= 0.3 is 7.60 Å². The summed E-state index contributed by atoms with van der Waals surface area (Å²) in [7, 11) is -3.07. The molecule has 0 saturated carbocycles. The Kier molecular flexibility index (Phi) is 6.06. The molecule has 0 spiro atoms. The van der Waals surface area contributed by atoms with E-state index in [0.717, 1.165) is 6.42 Å². The lowest BCUT2D eigenvalue weighted by Crippen LogP contribution is -2.05. The van der Waals surface area contributed by atoms with Crippen molar-refractivity contribution in [3.8, 4) is 5.75 Å². The number of amides is 1. The van der Waals surface area contributed by atoms with E-state index in [9.17, 15) is 9.36 Å². The van der Waals surface area contributed by atoms with Gasteiger partial charge in [-0.2, -0.15) is 0 Å². The van der Waals surface area contributed by atoms with Crippen LogP contribution in [-0.4, -0.2) is 18.7 Å². The zero-order chi connectivity index (χ0) is 14.3. The van der Waals surface area contributed by atoms with Gasteiger partial charge in [0.25, 0.3) is 0 Å². The first kappa shape index (κ1) is 15.7. The monoisotopic (exact) mass is 285 g/mol. The third kappa shape index (κ3) is 5.45. The summed E-state index contributed by atoms with van der Waals surface area (Å²) >= 11 is 0. The standard InChI is InChI=1S/C13H20NO4P/c1-4-10-19(16,17-5-2)18-13-8-6-12(7-9-13)14-11(3)15/h6-9H,4-5,10H2,1-3H3,(H,14,15). The zero-order valence-corrected chi connectivity index (χ0v) is 12.4. The van der Waals surface area contributed by atoms with Gasteiger partial charge in [-0.3, -0.25) is 4.79 Å². The van der Waals surface area contributed by atoms with Crippen LogP contribution in [0.2, 0.25) is 0 Å². The number of anilines is 1. The van der Waals surface area contributed by atoms with Crippen LogP contribution in [0, 0.1) is 0 Å². The van der Waals surface area contributed by atoms with Crippen molar-refractivity contribution in [2.75, 3.05) is 18.1 Å². The minimum absolute atomic E-state index is 0.139. The first-order valence-electron chi connectivity index (χ1n) is 6.30. The summed E-state index contributed by atoms with van der Waals surface area (Å²) in [5.74, 6) is 0.332. The quantitative estimate of drug-likeness (QED) is 0.776. The molecule has 0 radical (unpaired) electrons. The lowest BCUT2D eigenvalue weighted by molar-refractivity contribution is -0.114. The molecule has 1 atom stereocenters. The molecule has 0 aliphatic rings. The number of hydrogen-bond acceptors (Lipinski definition) is 4. The van der Waals surface area contributed by atoms with E-state index in [2.05, 4.69) is 5.32 Å². The Bertz CT molecular complexity index is 448. The average Bonchev–Trinajstić information content (AvgIpc) is 2.31. The second-order valence-corrected chi connectivity index (χ2v) is 6.16. The van der Waals surface area contributed by atoms with Gasteiger partial charge in [-0.25, -0.2) is 4.57 Å². The number of benzene rings is 1. The molecule has 5 nitrogen and oxygen atoms in total. The molecule has 0 bridgehead atoms. The van der Waals surface area contributed by atoms with Crippen molar-refractivity contribution >= 4 is 19.2 Å². The summed E-state index contributed by atoms with van der Waals surface area (Å²) in [6.07, 6.45) is 1.11. The second kappa shape index (κ2) is 7.31. The topological polar surface area (TPSA) is 64.6 Å². The van der Waals surface area contributed by atoms with E-state index in [-0.39, 0.29) is 5.91 Å². The molecule has 1 rings (SSSR count). The smallest absolute Gasteiger partial charge is 0.379 e. The predicted octanol–water partition coefficient (Wildman–Crippen LogP) is 3.66. The predicted molar refractivity (Wildman–Crippen MR) is 75.8 cm³/mol. The van der Waals surface area contributed by atoms with Crippen LogP contribution in [0.4, 0.5) is 5.69 Å². The van der Waals surface area contributed by atoms with Crippen molar-refractivity contribution in [1.29, 1.82) is 0 Å². The minimum atomic E-state index is -3.07. The average molecular weight is 285 g/mol. The molecular formula is C13H20NO4P. The van der Waals surface area contributed by atoms with Crippen LogP contribution in [0.5, 0.6) is 5.75 Å². The molecule has 0 aliphatic heterocycles. The van der Waals surface area contributed by atoms with Gasteiger partial charge in [0.15, 0.2) is 0 Å². The largest absolute Gasteiger partial charge is 0.424 e. The Morgan fingerprint density at radius 3 is 2.37 bits per heavy atom. The molecule has 1 N–H and O–H groups in total. The molecular weight excluding hydrogens is 265 g/mol. The van der Waals surface area contributed by atoms with Crippen LogP contribution in [0.3, 0.4) is 0 Å². The highest BCUT2D eigenvalue weighted by Crippen LogP contribution is 2.48. The van der Waals surface area contributed by atoms with Crippen LogP contribution < -0.4 is 9.84 Å². The lowest BCUT2D eigenvalue weighted by atomic mass is 10.3. The SMILES string of the molecule is CCCP(=O)(OCC)Oc1ccc(NC(C)=O)cc1. The Morgan fingerprint density at radius 1 is 1.26 bits per heavy atom. The Balaban J connectivity index is 2.75. The summed E-state index contributed by atoms with van der Waals surface area (Å²) in [5, 5.41) is 2.65. The van der Waals surface area contributed by atoms with Crippen LogP contribution in [0.15, 0.2) is 24.3 Å². The van der Waals surface area contributed by atoms with Gasteiger partial charge in [0, 0.05) is 12.6 Å². The maximum absolute atomic E-state index is 12.3. The maximum atomic E-state index is 12.3. The Morgan fingerprint density at radius 2 is 1.89 bits per heavy atom. The highest BCUT2D eigenvalue weighted by molar-refractivity contribution is 7.54. The number of nitrogens with one attached hydrogen (secondary N) is 1. The van der Waals surface area contributed by atoms with E-state index in [1.165, 1.54) is 6.92 Å². The maximum Gasteiger partial charge on any atom is 0.379 e. The highest BCUT2D eigenvalue weighted by Gasteiger charge is 2.24. The van der Waals surface area contributed by atoms with Crippen molar-refractivity contribution in [1.82, 2.24) is 0 Å². The van der Waals surface area contributed by atoms with Crippen molar-refractivity contribution in [2.45, 2.75) is 27.2 Å². The Hall–Kier alpha value is -1.32. The number of hydrogen-bond donors (Lipinski definition) is 1. The fraction of sp³-hybridized carbons (Fsp3) is 0.462. The van der Waals surface area contributed by atoms with Gasteiger partial charge in [-0.05, 0) is 37.6 Å². The van der Waals surface area contributed by atoms with Crippen LogP contribution in [0.1, 0.15) is 27.2 Å². The zero-order valence-electron chi connectivity index (χ0n) is 11.5. The van der Waals surface area contributed by atoms with E-state index >= 15 is 0 Å². The normalized spacial score (nSPS) is 13.6. The summed E-state index contributed by atoms with van der Waals surface area (Å²) in [4.78, 5) is 10.9. The molecule has 1 aromatic rings. The second-order valence-electron chi connectivity index (χ2n) is 4.05. The van der Waals surface area contributed by atoms with E-state index in [1.807, 2.05) is 6.92 Å². The molecule has 1 unspecified atom stereocenters. The van der Waals surface area contributed by atoms with Gasteiger partial charge in [0.2, 0.25) is 5.91 Å². The molecule has 6 heteroatoms. The molecule has 0 aliphatic carbocycles.